The number of carboxylic acids is 1. The number of rotatable bonds is 8. The fraction of sp³-hybridized carbons (Fsp3) is 0.348. The van der Waals surface area contributed by atoms with E-state index in [1.807, 2.05) is 36.4 Å². The summed E-state index contributed by atoms with van der Waals surface area (Å²) in [6, 6.07) is 15.0. The first-order chi connectivity index (χ1) is 14.4. The number of hydrogen-bond donors (Lipinski definition) is 2. The first-order valence-electron chi connectivity index (χ1n) is 9.95. The molecule has 1 aliphatic rings. The van der Waals surface area contributed by atoms with Crippen molar-refractivity contribution in [3.8, 4) is 11.1 Å². The molecule has 1 aliphatic carbocycles. The number of ether oxygens (including phenoxy) is 1. The minimum absolute atomic E-state index is 0.0854. The summed E-state index contributed by atoms with van der Waals surface area (Å²) in [5, 5.41) is 12.1. The van der Waals surface area contributed by atoms with Crippen LogP contribution in [0.3, 0.4) is 0 Å². The molecule has 7 nitrogen and oxygen atoms in total. The number of carboxylic acid groups (broad SMARTS) is 1. The molecular formula is C23H26N2O5. The van der Waals surface area contributed by atoms with Gasteiger partial charge < -0.3 is 15.2 Å². The van der Waals surface area contributed by atoms with Crippen LogP contribution in [0.15, 0.2) is 48.5 Å². The average Bonchev–Trinajstić information content (AvgIpc) is 3.05. The summed E-state index contributed by atoms with van der Waals surface area (Å²) >= 11 is 0. The van der Waals surface area contributed by atoms with Crippen molar-refractivity contribution in [2.45, 2.75) is 31.7 Å². The molecule has 0 heterocycles. The Balaban J connectivity index is 1.64. The summed E-state index contributed by atoms with van der Waals surface area (Å²) in [7, 11) is 1.43. The molecule has 2 N–H and O–H groups in total. The summed E-state index contributed by atoms with van der Waals surface area (Å²) in [6.45, 7) is 1.89. The second-order valence-electron chi connectivity index (χ2n) is 7.39. The van der Waals surface area contributed by atoms with Gasteiger partial charge >= 0.3 is 12.1 Å². The third-order valence-electron chi connectivity index (χ3n) is 5.40. The lowest BCUT2D eigenvalue weighted by atomic mass is 9.98. The average molecular weight is 410 g/mol. The van der Waals surface area contributed by atoms with Gasteiger partial charge in [0.25, 0.3) is 0 Å². The van der Waals surface area contributed by atoms with Crippen molar-refractivity contribution in [3.63, 3.8) is 0 Å². The van der Waals surface area contributed by atoms with E-state index in [-0.39, 0.29) is 24.9 Å². The van der Waals surface area contributed by atoms with Crippen LogP contribution >= 0.6 is 0 Å². The number of fused-ring (bicyclic) bond motifs is 3. The topological polar surface area (TPSA) is 95.9 Å². The van der Waals surface area contributed by atoms with E-state index in [9.17, 15) is 19.5 Å². The molecule has 0 aromatic heterocycles. The quantitative estimate of drug-likeness (QED) is 0.652. The van der Waals surface area contributed by atoms with Crippen LogP contribution < -0.4 is 5.32 Å². The molecule has 0 aliphatic heterocycles. The highest BCUT2D eigenvalue weighted by atomic mass is 16.6. The van der Waals surface area contributed by atoms with Crippen LogP contribution in [0.2, 0.25) is 0 Å². The predicted octanol–water partition coefficient (Wildman–Crippen LogP) is 3.24. The highest BCUT2D eigenvalue weighted by molar-refractivity contribution is 5.81. The first kappa shape index (κ1) is 21.4. The van der Waals surface area contributed by atoms with Gasteiger partial charge in [-0.3, -0.25) is 9.69 Å². The molecule has 30 heavy (non-hydrogen) atoms. The maximum Gasteiger partial charge on any atom is 0.410 e. The van der Waals surface area contributed by atoms with E-state index in [0.717, 1.165) is 27.2 Å². The SMILES string of the molecule is CC(=O)NCCCC(C(=O)O)N(C)C(=O)OCC1c2ccccc2-c2ccccc21. The monoisotopic (exact) mass is 410 g/mol. The van der Waals surface area contributed by atoms with Crippen LogP contribution in [0.4, 0.5) is 4.79 Å². The van der Waals surface area contributed by atoms with Gasteiger partial charge in [-0.15, -0.1) is 0 Å². The second-order valence-corrected chi connectivity index (χ2v) is 7.39. The Labute approximate surface area is 175 Å². The third kappa shape index (κ3) is 4.62. The lowest BCUT2D eigenvalue weighted by Crippen LogP contribution is -2.43. The molecule has 0 bridgehead atoms. The zero-order chi connectivity index (χ0) is 21.7. The smallest absolute Gasteiger partial charge is 0.410 e. The Morgan fingerprint density at radius 2 is 1.63 bits per heavy atom. The molecule has 2 aromatic carbocycles. The predicted molar refractivity (Wildman–Crippen MR) is 112 cm³/mol. The van der Waals surface area contributed by atoms with Crippen molar-refractivity contribution < 1.29 is 24.2 Å². The molecule has 158 valence electrons. The maximum atomic E-state index is 12.6. The van der Waals surface area contributed by atoms with Crippen molar-refractivity contribution in [1.82, 2.24) is 10.2 Å². The van der Waals surface area contributed by atoms with E-state index in [2.05, 4.69) is 17.4 Å². The summed E-state index contributed by atoms with van der Waals surface area (Å²) in [5.41, 5.74) is 4.45. The van der Waals surface area contributed by atoms with Gasteiger partial charge in [0.2, 0.25) is 5.91 Å². The summed E-state index contributed by atoms with van der Waals surface area (Å²) in [6.07, 6.45) is -0.0165. The molecule has 0 saturated carbocycles. The molecule has 3 rings (SSSR count). The fourth-order valence-electron chi connectivity index (χ4n) is 3.87. The molecule has 1 atom stereocenters. The van der Waals surface area contributed by atoms with E-state index < -0.39 is 18.1 Å². The normalized spacial score (nSPS) is 13.1. The summed E-state index contributed by atoms with van der Waals surface area (Å²) < 4.78 is 5.53. The molecular weight excluding hydrogens is 384 g/mol. The van der Waals surface area contributed by atoms with Gasteiger partial charge in [0.15, 0.2) is 0 Å². The standard InChI is InChI=1S/C23H26N2O5/c1-15(26)24-13-7-12-21(22(27)28)25(2)23(29)30-14-20-18-10-5-3-8-16(18)17-9-4-6-11-19(17)20/h3-6,8-11,20-21H,7,12-14H2,1-2H3,(H,24,26)(H,27,28). The number of carbonyl (C=O) groups excluding carboxylic acids is 2. The number of aliphatic carboxylic acids is 1. The van der Waals surface area contributed by atoms with Gasteiger partial charge in [-0.05, 0) is 35.1 Å². The van der Waals surface area contributed by atoms with Crippen molar-refractivity contribution in [3.05, 3.63) is 59.7 Å². The lowest BCUT2D eigenvalue weighted by molar-refractivity contribution is -0.142. The molecule has 0 spiro atoms. The van der Waals surface area contributed by atoms with Crippen molar-refractivity contribution >= 4 is 18.0 Å². The Hall–Kier alpha value is -3.35. The van der Waals surface area contributed by atoms with Crippen LogP contribution in [0.1, 0.15) is 36.8 Å². The number of benzene rings is 2. The van der Waals surface area contributed by atoms with Gasteiger partial charge in [0.05, 0.1) is 0 Å². The van der Waals surface area contributed by atoms with Crippen molar-refractivity contribution in [1.29, 1.82) is 0 Å². The largest absolute Gasteiger partial charge is 0.480 e. The van der Waals surface area contributed by atoms with E-state index in [4.69, 9.17) is 4.74 Å². The number of hydrogen-bond acceptors (Lipinski definition) is 4. The number of carbonyl (C=O) groups is 3. The van der Waals surface area contributed by atoms with Crippen LogP contribution in [0.5, 0.6) is 0 Å². The molecule has 0 radical (unpaired) electrons. The summed E-state index contributed by atoms with van der Waals surface area (Å²) in [5.74, 6) is -1.36. The van der Waals surface area contributed by atoms with Crippen LogP contribution in [-0.4, -0.2) is 54.2 Å². The Morgan fingerprint density at radius 3 is 2.17 bits per heavy atom. The Bertz CT molecular complexity index is 897. The zero-order valence-corrected chi connectivity index (χ0v) is 17.1. The van der Waals surface area contributed by atoms with Crippen LogP contribution in [-0.2, 0) is 14.3 Å². The van der Waals surface area contributed by atoms with Crippen LogP contribution in [0, 0.1) is 0 Å². The minimum Gasteiger partial charge on any atom is -0.480 e. The zero-order valence-electron chi connectivity index (χ0n) is 17.1. The van der Waals surface area contributed by atoms with E-state index in [1.54, 1.807) is 0 Å². The number of nitrogens with zero attached hydrogens (tertiary/aromatic N) is 1. The molecule has 2 amide bonds. The highest BCUT2D eigenvalue weighted by Gasteiger charge is 2.31. The minimum atomic E-state index is -1.10. The van der Waals surface area contributed by atoms with E-state index in [0.29, 0.717) is 13.0 Å². The van der Waals surface area contributed by atoms with Gasteiger partial charge in [0, 0.05) is 26.4 Å². The number of amides is 2. The molecule has 7 heteroatoms. The maximum absolute atomic E-state index is 12.6. The van der Waals surface area contributed by atoms with E-state index >= 15 is 0 Å². The highest BCUT2D eigenvalue weighted by Crippen LogP contribution is 2.44. The lowest BCUT2D eigenvalue weighted by Gasteiger charge is -2.25. The third-order valence-corrected chi connectivity index (χ3v) is 5.40. The summed E-state index contributed by atoms with van der Waals surface area (Å²) in [4.78, 5) is 36.3. The van der Waals surface area contributed by atoms with Gasteiger partial charge in [0.1, 0.15) is 12.6 Å². The number of likely N-dealkylation sites (N-methyl/N-ethyl adjacent to an activating group) is 1. The molecule has 0 fully saturated rings. The van der Waals surface area contributed by atoms with E-state index in [1.165, 1.54) is 14.0 Å². The molecule has 1 unspecified atom stereocenters. The van der Waals surface area contributed by atoms with Crippen LogP contribution in [0.25, 0.3) is 11.1 Å². The Kier molecular flexibility index (Phi) is 6.72. The van der Waals surface area contributed by atoms with Crippen molar-refractivity contribution in [2.24, 2.45) is 0 Å². The molecule has 2 aromatic rings. The number of nitrogens with one attached hydrogen (secondary N) is 1. The fourth-order valence-corrected chi connectivity index (χ4v) is 3.87. The first-order valence-corrected chi connectivity index (χ1v) is 9.95. The van der Waals surface area contributed by atoms with Gasteiger partial charge in [-0.1, -0.05) is 48.5 Å². The second kappa shape index (κ2) is 9.43. The van der Waals surface area contributed by atoms with Gasteiger partial charge in [-0.2, -0.15) is 0 Å². The molecule has 0 saturated heterocycles. The Morgan fingerprint density at radius 1 is 1.07 bits per heavy atom. The van der Waals surface area contributed by atoms with Crippen molar-refractivity contribution in [2.75, 3.05) is 20.2 Å². The van der Waals surface area contributed by atoms with Gasteiger partial charge in [-0.25, -0.2) is 9.59 Å².